The fourth-order valence-corrected chi connectivity index (χ4v) is 3.09. The summed E-state index contributed by atoms with van der Waals surface area (Å²) in [5, 5.41) is 9.45. The number of hydrogen-bond acceptors (Lipinski definition) is 6. The van der Waals surface area contributed by atoms with Gasteiger partial charge >= 0.3 is 5.97 Å². The van der Waals surface area contributed by atoms with E-state index in [4.69, 9.17) is 9.88 Å². The Kier molecular flexibility index (Phi) is 5.73. The molecule has 0 heterocycles. The van der Waals surface area contributed by atoms with Crippen LogP contribution >= 0.6 is 0 Å². The SMILES string of the molecule is COC(=O)C[C@@H]1CCCC/C1=N/Nc1ccc(S(N)(=O)=O)cc1. The average molecular weight is 339 g/mol. The molecule has 0 radical (unpaired) electrons. The Morgan fingerprint density at radius 3 is 2.65 bits per heavy atom. The van der Waals surface area contributed by atoms with E-state index in [1.807, 2.05) is 0 Å². The van der Waals surface area contributed by atoms with Crippen LogP contribution in [0.2, 0.25) is 0 Å². The maximum atomic E-state index is 11.5. The summed E-state index contributed by atoms with van der Waals surface area (Å²) in [4.78, 5) is 11.5. The van der Waals surface area contributed by atoms with Gasteiger partial charge in [-0.2, -0.15) is 5.10 Å². The third kappa shape index (κ3) is 5.04. The van der Waals surface area contributed by atoms with Gasteiger partial charge < -0.3 is 4.74 Å². The van der Waals surface area contributed by atoms with Gasteiger partial charge in [-0.3, -0.25) is 10.2 Å². The van der Waals surface area contributed by atoms with E-state index in [9.17, 15) is 13.2 Å². The highest BCUT2D eigenvalue weighted by Gasteiger charge is 2.23. The molecule has 1 aromatic carbocycles. The van der Waals surface area contributed by atoms with Crippen molar-refractivity contribution in [1.82, 2.24) is 0 Å². The maximum Gasteiger partial charge on any atom is 0.306 e. The third-order valence-electron chi connectivity index (χ3n) is 3.86. The molecule has 0 aromatic heterocycles. The summed E-state index contributed by atoms with van der Waals surface area (Å²) in [6, 6.07) is 6.04. The fourth-order valence-electron chi connectivity index (χ4n) is 2.57. The molecule has 0 bridgehead atoms. The second kappa shape index (κ2) is 7.56. The van der Waals surface area contributed by atoms with Crippen molar-refractivity contribution >= 4 is 27.4 Å². The minimum Gasteiger partial charge on any atom is -0.469 e. The third-order valence-corrected chi connectivity index (χ3v) is 4.79. The Balaban J connectivity index is 2.06. The van der Waals surface area contributed by atoms with Gasteiger partial charge in [0.15, 0.2) is 0 Å². The van der Waals surface area contributed by atoms with E-state index in [1.54, 1.807) is 12.1 Å². The number of rotatable bonds is 5. The van der Waals surface area contributed by atoms with Gasteiger partial charge in [0.2, 0.25) is 10.0 Å². The van der Waals surface area contributed by atoms with E-state index in [2.05, 4.69) is 10.5 Å². The molecule has 0 aliphatic heterocycles. The Bertz CT molecular complexity index is 683. The Morgan fingerprint density at radius 1 is 1.35 bits per heavy atom. The number of methoxy groups -OCH3 is 1. The smallest absolute Gasteiger partial charge is 0.306 e. The number of nitrogens with zero attached hydrogens (tertiary/aromatic N) is 1. The first-order chi connectivity index (χ1) is 10.9. The number of carbonyl (C=O) groups excluding carboxylic acids is 1. The van der Waals surface area contributed by atoms with Gasteiger partial charge in [-0.15, -0.1) is 0 Å². The lowest BCUT2D eigenvalue weighted by Gasteiger charge is -2.23. The number of nitrogens with one attached hydrogen (secondary N) is 1. The van der Waals surface area contributed by atoms with Crippen LogP contribution in [-0.2, 0) is 19.6 Å². The highest BCUT2D eigenvalue weighted by atomic mass is 32.2. The van der Waals surface area contributed by atoms with Crippen molar-refractivity contribution in [3.05, 3.63) is 24.3 Å². The van der Waals surface area contributed by atoms with Crippen LogP contribution in [0.5, 0.6) is 0 Å². The lowest BCUT2D eigenvalue weighted by atomic mass is 9.85. The van der Waals surface area contributed by atoms with Gasteiger partial charge in [-0.1, -0.05) is 6.42 Å². The molecule has 1 aliphatic carbocycles. The standard InChI is InChI=1S/C15H21N3O4S/c1-22-15(19)10-11-4-2-3-5-14(11)18-17-12-6-8-13(9-7-12)23(16,20)21/h6-9,11,17H,2-5,10H2,1H3,(H2,16,20,21)/b18-14-/t11-/m0/s1. The maximum absolute atomic E-state index is 11.5. The average Bonchev–Trinajstić information content (AvgIpc) is 2.53. The molecule has 7 nitrogen and oxygen atoms in total. The van der Waals surface area contributed by atoms with Crippen molar-refractivity contribution in [1.29, 1.82) is 0 Å². The van der Waals surface area contributed by atoms with Crippen molar-refractivity contribution in [2.75, 3.05) is 12.5 Å². The summed E-state index contributed by atoms with van der Waals surface area (Å²) in [5.74, 6) is -0.144. The Hall–Kier alpha value is -1.93. The Labute approximate surface area is 136 Å². The molecule has 1 saturated carbocycles. The van der Waals surface area contributed by atoms with Crippen LogP contribution in [0.1, 0.15) is 32.1 Å². The topological polar surface area (TPSA) is 111 Å². The predicted octanol–water partition coefficient (Wildman–Crippen LogP) is 1.86. The predicted molar refractivity (Wildman–Crippen MR) is 87.5 cm³/mol. The largest absolute Gasteiger partial charge is 0.469 e. The highest BCUT2D eigenvalue weighted by molar-refractivity contribution is 7.89. The van der Waals surface area contributed by atoms with E-state index in [-0.39, 0.29) is 16.8 Å². The lowest BCUT2D eigenvalue weighted by Crippen LogP contribution is -2.23. The van der Waals surface area contributed by atoms with Crippen molar-refractivity contribution in [3.8, 4) is 0 Å². The molecule has 1 aliphatic rings. The first-order valence-electron chi connectivity index (χ1n) is 7.42. The molecule has 2 rings (SSSR count). The van der Waals surface area contributed by atoms with E-state index in [0.717, 1.165) is 31.4 Å². The summed E-state index contributed by atoms with van der Waals surface area (Å²) in [6.45, 7) is 0. The lowest BCUT2D eigenvalue weighted by molar-refractivity contribution is -0.141. The molecule has 23 heavy (non-hydrogen) atoms. The summed E-state index contributed by atoms with van der Waals surface area (Å²) in [5.41, 5.74) is 4.52. The fraction of sp³-hybridized carbons (Fsp3) is 0.467. The quantitative estimate of drug-likeness (QED) is 0.628. The zero-order chi connectivity index (χ0) is 16.9. The van der Waals surface area contributed by atoms with Gasteiger partial charge in [0.1, 0.15) is 0 Å². The second-order valence-corrected chi connectivity index (χ2v) is 7.07. The molecule has 3 N–H and O–H groups in total. The van der Waals surface area contributed by atoms with Crippen molar-refractivity contribution in [2.45, 2.75) is 37.0 Å². The number of primary sulfonamides is 1. The molecule has 8 heteroatoms. The molecule has 0 saturated heterocycles. The summed E-state index contributed by atoms with van der Waals surface area (Å²) >= 11 is 0. The van der Waals surface area contributed by atoms with Crippen LogP contribution in [0.25, 0.3) is 0 Å². The highest BCUT2D eigenvalue weighted by Crippen LogP contribution is 2.25. The van der Waals surface area contributed by atoms with Crippen molar-refractivity contribution < 1.29 is 17.9 Å². The summed E-state index contributed by atoms with van der Waals surface area (Å²) in [7, 11) is -2.31. The molecular formula is C15H21N3O4S. The molecule has 1 aromatic rings. The number of benzene rings is 1. The van der Waals surface area contributed by atoms with Crippen LogP contribution in [-0.4, -0.2) is 27.2 Å². The molecule has 126 valence electrons. The number of sulfonamides is 1. The van der Waals surface area contributed by atoms with Gasteiger partial charge in [0.05, 0.1) is 24.1 Å². The van der Waals surface area contributed by atoms with E-state index in [0.29, 0.717) is 12.1 Å². The number of hydrogen-bond donors (Lipinski definition) is 2. The molecule has 0 unspecified atom stereocenters. The normalized spacial score (nSPS) is 20.3. The number of hydrazone groups is 1. The Morgan fingerprint density at radius 2 is 2.04 bits per heavy atom. The number of nitrogens with two attached hydrogens (primary N) is 1. The number of anilines is 1. The molecule has 0 spiro atoms. The van der Waals surface area contributed by atoms with Crippen molar-refractivity contribution in [3.63, 3.8) is 0 Å². The number of esters is 1. The van der Waals surface area contributed by atoms with Crippen molar-refractivity contribution in [2.24, 2.45) is 16.2 Å². The van der Waals surface area contributed by atoms with Gasteiger partial charge in [0, 0.05) is 11.6 Å². The van der Waals surface area contributed by atoms with Crippen LogP contribution < -0.4 is 10.6 Å². The van der Waals surface area contributed by atoms with Crippen LogP contribution in [0.3, 0.4) is 0 Å². The molecule has 1 atom stereocenters. The summed E-state index contributed by atoms with van der Waals surface area (Å²) in [6.07, 6.45) is 4.21. The van der Waals surface area contributed by atoms with E-state index in [1.165, 1.54) is 19.2 Å². The number of ether oxygens (including phenoxy) is 1. The van der Waals surface area contributed by atoms with E-state index < -0.39 is 10.0 Å². The van der Waals surface area contributed by atoms with Gasteiger partial charge in [-0.05, 0) is 43.5 Å². The van der Waals surface area contributed by atoms with Crippen LogP contribution in [0, 0.1) is 5.92 Å². The van der Waals surface area contributed by atoms with Crippen LogP contribution in [0.15, 0.2) is 34.3 Å². The second-order valence-electron chi connectivity index (χ2n) is 5.51. The van der Waals surface area contributed by atoms with E-state index >= 15 is 0 Å². The minimum absolute atomic E-state index is 0.0527. The zero-order valence-corrected chi connectivity index (χ0v) is 13.8. The monoisotopic (exact) mass is 339 g/mol. The molecule has 1 fully saturated rings. The van der Waals surface area contributed by atoms with Gasteiger partial charge in [0.25, 0.3) is 0 Å². The number of carbonyl (C=O) groups is 1. The first-order valence-corrected chi connectivity index (χ1v) is 8.97. The first kappa shape index (κ1) is 17.4. The minimum atomic E-state index is -3.70. The summed E-state index contributed by atoms with van der Waals surface area (Å²) < 4.78 is 27.1. The van der Waals surface area contributed by atoms with Crippen LogP contribution in [0.4, 0.5) is 5.69 Å². The molecule has 0 amide bonds. The zero-order valence-electron chi connectivity index (χ0n) is 13.0. The van der Waals surface area contributed by atoms with Gasteiger partial charge in [-0.25, -0.2) is 13.6 Å². The molecular weight excluding hydrogens is 318 g/mol.